The van der Waals surface area contributed by atoms with Crippen LogP contribution in [0.5, 0.6) is 0 Å². The van der Waals surface area contributed by atoms with Gasteiger partial charge in [0.1, 0.15) is 29.8 Å². The summed E-state index contributed by atoms with van der Waals surface area (Å²) in [5.41, 5.74) is -0.783. The average molecular weight is 412 g/mol. The number of ether oxygens (including phenoxy) is 2. The van der Waals surface area contributed by atoms with E-state index in [1.807, 2.05) is 0 Å². The van der Waals surface area contributed by atoms with E-state index in [2.05, 4.69) is 4.99 Å². The zero-order valence-corrected chi connectivity index (χ0v) is 16.2. The molecular formula is C17H27F3N2O4S. The molecule has 6 unspecified atom stereocenters. The minimum absolute atomic E-state index is 0.0203. The Morgan fingerprint density at radius 1 is 1.22 bits per heavy atom. The number of aliphatic hydroxyl groups is 2. The minimum Gasteiger partial charge on any atom is -0.388 e. The molecule has 0 aromatic heterocycles. The largest absolute Gasteiger partial charge is 0.417 e. The molecule has 27 heavy (non-hydrogen) atoms. The van der Waals surface area contributed by atoms with E-state index in [4.69, 9.17) is 9.47 Å². The van der Waals surface area contributed by atoms with Gasteiger partial charge in [0.2, 0.25) is 0 Å². The van der Waals surface area contributed by atoms with Crippen LogP contribution in [0.15, 0.2) is 4.99 Å². The van der Waals surface area contributed by atoms with Crippen molar-refractivity contribution in [2.75, 3.05) is 20.7 Å². The van der Waals surface area contributed by atoms with E-state index < -0.39 is 42.1 Å². The Kier molecular flexibility index (Phi) is 6.62. The first-order valence-electron chi connectivity index (χ1n) is 9.30. The van der Waals surface area contributed by atoms with Gasteiger partial charge in [-0.1, -0.05) is 31.0 Å². The van der Waals surface area contributed by atoms with Crippen LogP contribution in [0.2, 0.25) is 0 Å². The maximum atomic E-state index is 13.7. The van der Waals surface area contributed by atoms with Gasteiger partial charge in [-0.2, -0.15) is 13.2 Å². The molecular weight excluding hydrogens is 385 g/mol. The second-order valence-corrected chi connectivity index (χ2v) is 8.73. The third-order valence-corrected chi connectivity index (χ3v) is 6.63. The third kappa shape index (κ3) is 4.72. The normalized spacial score (nSPS) is 36.3. The number of aliphatic hydroxyl groups excluding tert-OH is 2. The summed E-state index contributed by atoms with van der Waals surface area (Å²) < 4.78 is 51.8. The van der Waals surface area contributed by atoms with Crippen LogP contribution in [-0.4, -0.2) is 83.1 Å². The van der Waals surface area contributed by atoms with E-state index >= 15 is 0 Å². The van der Waals surface area contributed by atoms with Gasteiger partial charge in [-0.3, -0.25) is 4.99 Å². The van der Waals surface area contributed by atoms with Crippen molar-refractivity contribution < 1.29 is 32.9 Å². The summed E-state index contributed by atoms with van der Waals surface area (Å²) in [6.07, 6.45) is -7.05. The van der Waals surface area contributed by atoms with Crippen LogP contribution in [-0.2, 0) is 9.47 Å². The van der Waals surface area contributed by atoms with Crippen molar-refractivity contribution in [3.8, 4) is 0 Å². The number of alkyl halides is 3. The van der Waals surface area contributed by atoms with Crippen LogP contribution in [0.3, 0.4) is 0 Å². The van der Waals surface area contributed by atoms with E-state index in [0.29, 0.717) is 5.17 Å². The molecule has 0 bridgehead atoms. The molecule has 1 aliphatic carbocycles. The summed E-state index contributed by atoms with van der Waals surface area (Å²) in [6.45, 7) is -0.0203. The monoisotopic (exact) mass is 412 g/mol. The standard InChI is InChI=1S/C17H27F3N2O4S/c1-22(2)16-21-10-11(23)12(24)13(26-15(10)27-16)14(17(18,19)20)25-8-9-6-4-3-5-7-9/h9-15,23-24H,3-8H2,1-2H3. The number of halogens is 3. The number of hydrogen-bond acceptors (Lipinski definition) is 7. The Morgan fingerprint density at radius 2 is 1.89 bits per heavy atom. The summed E-state index contributed by atoms with van der Waals surface area (Å²) in [5.74, 6) is 0.0894. The van der Waals surface area contributed by atoms with Crippen molar-refractivity contribution in [1.29, 1.82) is 0 Å². The first kappa shape index (κ1) is 21.2. The highest BCUT2D eigenvalue weighted by Crippen LogP contribution is 2.41. The summed E-state index contributed by atoms with van der Waals surface area (Å²) >= 11 is 1.15. The molecule has 0 aromatic carbocycles. The maximum absolute atomic E-state index is 13.7. The van der Waals surface area contributed by atoms with Gasteiger partial charge >= 0.3 is 6.18 Å². The molecule has 0 amide bonds. The Labute approximate surface area is 161 Å². The smallest absolute Gasteiger partial charge is 0.388 e. The molecule has 1 saturated carbocycles. The molecule has 6 atom stereocenters. The van der Waals surface area contributed by atoms with Crippen molar-refractivity contribution in [1.82, 2.24) is 4.90 Å². The van der Waals surface area contributed by atoms with Crippen molar-refractivity contribution in [3.05, 3.63) is 0 Å². The Morgan fingerprint density at radius 3 is 2.48 bits per heavy atom. The fourth-order valence-electron chi connectivity index (χ4n) is 3.81. The van der Waals surface area contributed by atoms with Crippen LogP contribution in [0.1, 0.15) is 32.1 Å². The molecule has 0 radical (unpaired) electrons. The van der Waals surface area contributed by atoms with Gasteiger partial charge in [0, 0.05) is 14.1 Å². The highest BCUT2D eigenvalue weighted by atomic mass is 32.2. The second kappa shape index (κ2) is 8.44. The molecule has 156 valence electrons. The molecule has 0 spiro atoms. The summed E-state index contributed by atoms with van der Waals surface area (Å²) in [4.78, 5) is 5.96. The molecule has 2 N–H and O–H groups in total. The molecule has 3 aliphatic rings. The zero-order chi connectivity index (χ0) is 19.8. The molecule has 3 rings (SSSR count). The van der Waals surface area contributed by atoms with Gasteiger partial charge in [-0.25, -0.2) is 0 Å². The van der Waals surface area contributed by atoms with Crippen molar-refractivity contribution >= 4 is 16.9 Å². The molecule has 0 aromatic rings. The van der Waals surface area contributed by atoms with E-state index in [1.165, 1.54) is 0 Å². The van der Waals surface area contributed by atoms with Gasteiger partial charge in [0.05, 0.1) is 6.61 Å². The number of hydrogen-bond donors (Lipinski definition) is 2. The lowest BCUT2D eigenvalue weighted by Crippen LogP contribution is -2.61. The van der Waals surface area contributed by atoms with Crippen molar-refractivity contribution in [3.63, 3.8) is 0 Å². The topological polar surface area (TPSA) is 74.5 Å². The fraction of sp³-hybridized carbons (Fsp3) is 0.941. The summed E-state index contributed by atoms with van der Waals surface area (Å²) in [5, 5.41) is 21.2. The van der Waals surface area contributed by atoms with Gasteiger partial charge < -0.3 is 24.6 Å². The van der Waals surface area contributed by atoms with E-state index in [-0.39, 0.29) is 12.5 Å². The molecule has 2 heterocycles. The number of amidine groups is 1. The molecule has 1 saturated heterocycles. The lowest BCUT2D eigenvalue weighted by atomic mass is 9.90. The summed E-state index contributed by atoms with van der Waals surface area (Å²) in [7, 11) is 3.49. The third-order valence-electron chi connectivity index (χ3n) is 5.33. The number of thioether (sulfide) groups is 1. The molecule has 2 aliphatic heterocycles. The maximum Gasteiger partial charge on any atom is 0.417 e. The molecule has 10 heteroatoms. The van der Waals surface area contributed by atoms with Gasteiger partial charge in [0.25, 0.3) is 0 Å². The van der Waals surface area contributed by atoms with Gasteiger partial charge in [0.15, 0.2) is 11.3 Å². The fourth-order valence-corrected chi connectivity index (χ4v) is 4.96. The van der Waals surface area contributed by atoms with Crippen molar-refractivity contribution in [2.24, 2.45) is 10.9 Å². The number of fused-ring (bicyclic) bond motifs is 1. The quantitative estimate of drug-likeness (QED) is 0.736. The lowest BCUT2D eigenvalue weighted by Gasteiger charge is -2.42. The second-order valence-electron chi connectivity index (χ2n) is 7.66. The first-order valence-corrected chi connectivity index (χ1v) is 10.2. The number of rotatable bonds is 4. The molecule has 6 nitrogen and oxygen atoms in total. The predicted octanol–water partition coefficient (Wildman–Crippen LogP) is 1.99. The average Bonchev–Trinajstić information content (AvgIpc) is 3.03. The van der Waals surface area contributed by atoms with E-state index in [9.17, 15) is 23.4 Å². The Balaban J connectivity index is 1.71. The minimum atomic E-state index is -4.71. The lowest BCUT2D eigenvalue weighted by molar-refractivity contribution is -0.286. The zero-order valence-electron chi connectivity index (χ0n) is 15.4. The Hall–Kier alpha value is -0.550. The van der Waals surface area contributed by atoms with Crippen LogP contribution in [0.4, 0.5) is 13.2 Å². The van der Waals surface area contributed by atoms with Crippen molar-refractivity contribution in [2.45, 2.75) is 74.2 Å². The van der Waals surface area contributed by atoms with Gasteiger partial charge in [-0.05, 0) is 18.8 Å². The number of nitrogens with zero attached hydrogens (tertiary/aromatic N) is 2. The number of aliphatic imine (C=N–C) groups is 1. The van der Waals surface area contributed by atoms with Crippen LogP contribution in [0.25, 0.3) is 0 Å². The van der Waals surface area contributed by atoms with Crippen LogP contribution >= 0.6 is 11.8 Å². The first-order chi connectivity index (χ1) is 12.7. The predicted molar refractivity (Wildman–Crippen MR) is 95.5 cm³/mol. The summed E-state index contributed by atoms with van der Waals surface area (Å²) in [6, 6.07) is -0.800. The van der Waals surface area contributed by atoms with E-state index in [0.717, 1.165) is 43.9 Å². The van der Waals surface area contributed by atoms with Gasteiger partial charge in [-0.15, -0.1) is 0 Å². The SMILES string of the molecule is CN(C)C1=NC2C(OC(C(OCC3CCCCC3)C(F)(F)F)C(O)C2O)S1. The highest BCUT2D eigenvalue weighted by molar-refractivity contribution is 8.14. The Bertz CT molecular complexity index is 543. The van der Waals surface area contributed by atoms with E-state index in [1.54, 1.807) is 19.0 Å². The van der Waals surface area contributed by atoms with Crippen LogP contribution in [0, 0.1) is 5.92 Å². The van der Waals surface area contributed by atoms with Crippen LogP contribution < -0.4 is 0 Å². The highest BCUT2D eigenvalue weighted by Gasteiger charge is 2.57. The molecule has 2 fully saturated rings.